The number of amides is 2. The summed E-state index contributed by atoms with van der Waals surface area (Å²) in [5.74, 6) is -0.881. The second kappa shape index (κ2) is 11.3. The van der Waals surface area contributed by atoms with Gasteiger partial charge in [0.15, 0.2) is 0 Å². The summed E-state index contributed by atoms with van der Waals surface area (Å²) in [5, 5.41) is 6.20. The average Bonchev–Trinajstić information content (AvgIpc) is 3.91. The van der Waals surface area contributed by atoms with Crippen LogP contribution in [0.25, 0.3) is 11.1 Å². The molecule has 1 heterocycles. The summed E-state index contributed by atoms with van der Waals surface area (Å²) in [7, 11) is -3.84. The van der Waals surface area contributed by atoms with Crippen LogP contribution in [0.3, 0.4) is 0 Å². The Bertz CT molecular complexity index is 1720. The van der Waals surface area contributed by atoms with E-state index in [0.717, 1.165) is 32.1 Å². The van der Waals surface area contributed by atoms with Crippen LogP contribution in [-0.4, -0.2) is 54.9 Å². The molecule has 1 saturated heterocycles. The van der Waals surface area contributed by atoms with Gasteiger partial charge in [-0.25, -0.2) is 17.2 Å². The van der Waals surface area contributed by atoms with Gasteiger partial charge < -0.3 is 15.4 Å². The Labute approximate surface area is 275 Å². The number of benzene rings is 2. The molecule has 47 heavy (non-hydrogen) atoms. The third-order valence-electron chi connectivity index (χ3n) is 11.5. The van der Waals surface area contributed by atoms with Gasteiger partial charge in [-0.05, 0) is 119 Å². The largest absolute Gasteiger partial charge is 0.490 e. The van der Waals surface area contributed by atoms with Crippen molar-refractivity contribution < 1.29 is 31.5 Å². The van der Waals surface area contributed by atoms with Gasteiger partial charge in [0.2, 0.25) is 21.6 Å². The maximum Gasteiger partial charge on any atom is 0.259 e. The van der Waals surface area contributed by atoms with Crippen LogP contribution in [0.15, 0.2) is 36.4 Å². The lowest BCUT2D eigenvalue weighted by atomic mass is 9.74. The molecule has 2 aromatic carbocycles. The Kier molecular flexibility index (Phi) is 7.78. The van der Waals surface area contributed by atoms with Crippen molar-refractivity contribution in [3.63, 3.8) is 0 Å². The molecule has 8 nitrogen and oxygen atoms in total. The van der Waals surface area contributed by atoms with Crippen molar-refractivity contribution in [3.05, 3.63) is 53.3 Å². The molecule has 3 N–H and O–H groups in total. The first kappa shape index (κ1) is 32.5. The zero-order valence-corrected chi connectivity index (χ0v) is 28.2. The fraction of sp³-hybridized carbons (Fsp3) is 0.611. The zero-order chi connectivity index (χ0) is 33.4. The average molecular weight is 670 g/mol. The number of ether oxygens (including phenoxy) is 1. The van der Waals surface area contributed by atoms with Gasteiger partial charge in [-0.3, -0.25) is 14.3 Å². The minimum absolute atomic E-state index is 0.0395. The molecule has 254 valence electrons. The number of alkyl halides is 1. The predicted octanol–water partition coefficient (Wildman–Crippen LogP) is 5.69. The molecule has 7 rings (SSSR count). The Hall–Kier alpha value is -3.05. The monoisotopic (exact) mass is 669 g/mol. The van der Waals surface area contributed by atoms with E-state index in [1.54, 1.807) is 39.0 Å². The molecule has 2 aromatic rings. The van der Waals surface area contributed by atoms with Gasteiger partial charge >= 0.3 is 0 Å². The van der Waals surface area contributed by atoms with Crippen LogP contribution in [0.2, 0.25) is 0 Å². The van der Waals surface area contributed by atoms with E-state index in [0.29, 0.717) is 60.1 Å². The molecule has 2 amide bonds. The molecule has 4 aliphatic carbocycles. The summed E-state index contributed by atoms with van der Waals surface area (Å²) in [6.45, 7) is 5.02. The first-order valence-electron chi connectivity index (χ1n) is 17.1. The molecule has 4 saturated carbocycles. The van der Waals surface area contributed by atoms with E-state index < -0.39 is 37.7 Å². The molecular formula is C36H45F2N3O5S. The van der Waals surface area contributed by atoms with Crippen LogP contribution in [0.5, 0.6) is 5.75 Å². The summed E-state index contributed by atoms with van der Waals surface area (Å²) in [4.78, 5) is 26.5. The van der Waals surface area contributed by atoms with E-state index in [1.165, 1.54) is 6.07 Å². The number of nitrogens with one attached hydrogen (secondary N) is 3. The normalized spacial score (nSPS) is 27.7. The third kappa shape index (κ3) is 5.96. The smallest absolute Gasteiger partial charge is 0.259 e. The Morgan fingerprint density at radius 1 is 1.02 bits per heavy atom. The second-order valence-electron chi connectivity index (χ2n) is 15.5. The number of carbonyl (C=O) groups is 2. The van der Waals surface area contributed by atoms with E-state index in [1.807, 2.05) is 12.1 Å². The van der Waals surface area contributed by atoms with Crippen molar-refractivity contribution >= 4 is 21.8 Å². The fourth-order valence-corrected chi connectivity index (χ4v) is 8.90. The lowest BCUT2D eigenvalue weighted by Crippen LogP contribution is -2.49. The Morgan fingerprint density at radius 2 is 1.77 bits per heavy atom. The number of rotatable bonds is 10. The van der Waals surface area contributed by atoms with Crippen LogP contribution >= 0.6 is 0 Å². The Morgan fingerprint density at radius 3 is 2.40 bits per heavy atom. The zero-order valence-electron chi connectivity index (χ0n) is 27.4. The van der Waals surface area contributed by atoms with Gasteiger partial charge in [0, 0.05) is 36.5 Å². The fourth-order valence-electron chi connectivity index (χ4n) is 7.52. The van der Waals surface area contributed by atoms with Crippen molar-refractivity contribution in [1.29, 1.82) is 0 Å². The number of sulfonamides is 1. The molecule has 1 aliphatic heterocycles. The molecule has 5 aliphatic rings. The lowest BCUT2D eigenvalue weighted by molar-refractivity contribution is -0.133. The second-order valence-corrected chi connectivity index (χ2v) is 17.7. The molecule has 0 unspecified atom stereocenters. The van der Waals surface area contributed by atoms with Crippen molar-refractivity contribution in [2.75, 3.05) is 6.54 Å². The number of hydrogen-bond donors (Lipinski definition) is 3. The SMILES string of the molecule is CC(C)(C(=O)NS(=O)(=O)C1(C)CC1)c1ccc(O[C@@H]2CC[C@@H](NC(=O)[C@@]3(F)CNC4(CCC4)C3)C2)c(-c2cccc(F)c2C2CC2)c1. The van der Waals surface area contributed by atoms with Crippen LogP contribution < -0.4 is 20.1 Å². The van der Waals surface area contributed by atoms with Crippen LogP contribution in [-0.2, 0) is 25.0 Å². The molecule has 11 heteroatoms. The number of halogens is 2. The van der Waals surface area contributed by atoms with Crippen molar-refractivity contribution in [1.82, 2.24) is 15.4 Å². The summed E-state index contributed by atoms with van der Waals surface area (Å²) < 4.78 is 64.7. The highest BCUT2D eigenvalue weighted by atomic mass is 32.2. The van der Waals surface area contributed by atoms with Crippen molar-refractivity contribution in [2.24, 2.45) is 0 Å². The lowest BCUT2D eigenvalue weighted by Gasteiger charge is -2.38. The van der Waals surface area contributed by atoms with E-state index in [2.05, 4.69) is 15.4 Å². The topological polar surface area (TPSA) is 114 Å². The van der Waals surface area contributed by atoms with Gasteiger partial charge in [0.05, 0.1) is 10.2 Å². The standard InChI is InChI=1S/C36H45F2N3O5S/c1-33(2,31(42)41-47(44,45)34(3)16-17-34)23-10-13-29(27(18-23)26-6-4-7-28(37)30(26)22-8-9-22)46-25-12-11-24(19-25)40-32(43)36(38)20-35(39-21-36)14-5-15-35/h4,6-7,10,13,18,22,24-25,39H,5,8-9,11-12,14-17,19-21H2,1-3H3,(H,40,43)(H,41,42)/t24-,25-,36+/m1/s1. The van der Waals surface area contributed by atoms with Crippen LogP contribution in [0.4, 0.5) is 8.78 Å². The molecule has 0 aromatic heterocycles. The predicted molar refractivity (Wildman–Crippen MR) is 175 cm³/mol. The van der Waals surface area contributed by atoms with Gasteiger partial charge in [-0.1, -0.05) is 18.2 Å². The van der Waals surface area contributed by atoms with Gasteiger partial charge in [-0.2, -0.15) is 0 Å². The van der Waals surface area contributed by atoms with E-state index in [9.17, 15) is 18.0 Å². The molecule has 1 spiro atoms. The number of hydrogen-bond acceptors (Lipinski definition) is 6. The highest BCUT2D eigenvalue weighted by Crippen LogP contribution is 2.49. The van der Waals surface area contributed by atoms with Gasteiger partial charge in [-0.15, -0.1) is 0 Å². The number of carbonyl (C=O) groups excluding carboxylic acids is 2. The highest BCUT2D eigenvalue weighted by Gasteiger charge is 2.56. The molecule has 5 fully saturated rings. The minimum Gasteiger partial charge on any atom is -0.490 e. The van der Waals surface area contributed by atoms with E-state index in [4.69, 9.17) is 4.74 Å². The highest BCUT2D eigenvalue weighted by molar-refractivity contribution is 7.91. The first-order chi connectivity index (χ1) is 22.1. The Balaban J connectivity index is 1.12. The molecule has 0 bridgehead atoms. The van der Waals surface area contributed by atoms with Crippen molar-refractivity contribution in [3.8, 4) is 16.9 Å². The summed E-state index contributed by atoms with van der Waals surface area (Å²) in [6.07, 6.45) is 7.38. The van der Waals surface area contributed by atoms with Crippen LogP contribution in [0.1, 0.15) is 108 Å². The maximum atomic E-state index is 15.6. The molecular weight excluding hydrogens is 624 g/mol. The van der Waals surface area contributed by atoms with Gasteiger partial charge in [0.1, 0.15) is 17.7 Å². The quantitative estimate of drug-likeness (QED) is 0.300. The molecule has 3 atom stereocenters. The van der Waals surface area contributed by atoms with E-state index >= 15 is 8.78 Å². The minimum atomic E-state index is -3.84. The third-order valence-corrected chi connectivity index (χ3v) is 13.7. The summed E-state index contributed by atoms with van der Waals surface area (Å²) in [6, 6.07) is 10.1. The van der Waals surface area contributed by atoms with Crippen LogP contribution in [0, 0.1) is 5.82 Å². The summed E-state index contributed by atoms with van der Waals surface area (Å²) in [5.41, 5.74) is -0.881. The maximum absolute atomic E-state index is 15.6. The molecule has 0 radical (unpaired) electrons. The summed E-state index contributed by atoms with van der Waals surface area (Å²) >= 11 is 0. The van der Waals surface area contributed by atoms with Crippen molar-refractivity contribution in [2.45, 2.75) is 131 Å². The van der Waals surface area contributed by atoms with E-state index in [-0.39, 0.29) is 42.4 Å². The van der Waals surface area contributed by atoms with Gasteiger partial charge in [0.25, 0.3) is 5.91 Å². The first-order valence-corrected chi connectivity index (χ1v) is 18.5.